The molecule has 5 amide bonds. The van der Waals surface area contributed by atoms with Gasteiger partial charge in [-0.15, -0.1) is 0 Å². The van der Waals surface area contributed by atoms with Crippen LogP contribution in [0.1, 0.15) is 33.6 Å². The zero-order chi connectivity index (χ0) is 42.1. The second-order valence-corrected chi connectivity index (χ2v) is 16.8. The van der Waals surface area contributed by atoms with E-state index in [9.17, 15) is 14.4 Å². The number of amides is 5. The zero-order valence-corrected chi connectivity index (χ0v) is 34.8. The average Bonchev–Trinajstić information content (AvgIpc) is 3.89. The van der Waals surface area contributed by atoms with Crippen LogP contribution in [-0.2, 0) is 4.74 Å². The van der Waals surface area contributed by atoms with E-state index in [4.69, 9.17) is 14.7 Å². The zero-order valence-electron chi connectivity index (χ0n) is 34.8. The maximum atomic E-state index is 13.3. The quantitative estimate of drug-likeness (QED) is 0.270. The highest BCUT2D eigenvalue weighted by Crippen LogP contribution is 2.42. The van der Waals surface area contributed by atoms with Gasteiger partial charge in [0.05, 0.1) is 35.9 Å². The van der Waals surface area contributed by atoms with Gasteiger partial charge in [-0.3, -0.25) is 30.4 Å². The van der Waals surface area contributed by atoms with Crippen molar-refractivity contribution in [2.24, 2.45) is 0 Å². The van der Waals surface area contributed by atoms with Gasteiger partial charge in [-0.25, -0.2) is 34.3 Å². The molecule has 4 bridgehead atoms. The van der Waals surface area contributed by atoms with Gasteiger partial charge in [0.25, 0.3) is 0 Å². The molecule has 10 rings (SSSR count). The third kappa shape index (κ3) is 8.57. The highest BCUT2D eigenvalue weighted by atomic mass is 16.6. The number of piperazine rings is 2. The molecule has 0 aromatic carbocycles. The molecule has 0 spiro atoms. The lowest BCUT2D eigenvalue weighted by molar-refractivity contribution is 0.0240. The van der Waals surface area contributed by atoms with Crippen molar-refractivity contribution in [2.45, 2.75) is 51.3 Å². The Morgan fingerprint density at radius 1 is 0.639 bits per heavy atom. The first-order valence-electron chi connectivity index (χ1n) is 21.0. The van der Waals surface area contributed by atoms with Gasteiger partial charge in [-0.05, 0) is 57.9 Å². The number of rotatable bonds is 4. The standard InChI is InChI=1S/C23H30N8O3.C18H22N8O/c1-23(2,3)34-22(33)29-12-10-28(11-13-29)19-5-4-17-20(27-19)31(16-6-9-30(17)15-16)21(32)26-18-14-24-7-8-25-18;27-18(22-15-11-20-4-5-21-15)26-13-3-8-25(12-13)14-1-2-16(23-17(14)26)24-9-6-19-7-10-24/h4-5,7-8,14,16H,6,9-13,15H2,1-3H3,(H,25,26,32);1-2,4-5,11,13,19H,3,6-10,12H2,(H,21,22,27)/t16-;13-/m00/s1. The van der Waals surface area contributed by atoms with Gasteiger partial charge < -0.3 is 34.6 Å². The Labute approximate surface area is 354 Å². The van der Waals surface area contributed by atoms with Gasteiger partial charge in [0.15, 0.2) is 23.3 Å². The molecular weight excluding hydrogens is 781 g/mol. The van der Waals surface area contributed by atoms with Crippen molar-refractivity contribution in [1.82, 2.24) is 40.1 Å². The van der Waals surface area contributed by atoms with E-state index in [0.29, 0.717) is 43.6 Å². The van der Waals surface area contributed by atoms with Crippen molar-refractivity contribution in [3.63, 3.8) is 0 Å². The van der Waals surface area contributed by atoms with Crippen LogP contribution in [0.4, 0.5) is 60.7 Å². The minimum atomic E-state index is -0.516. The van der Waals surface area contributed by atoms with Gasteiger partial charge >= 0.3 is 18.2 Å². The summed E-state index contributed by atoms with van der Waals surface area (Å²) in [6.07, 6.45) is 10.9. The average molecular weight is 833 g/mol. The van der Waals surface area contributed by atoms with E-state index >= 15 is 0 Å². The van der Waals surface area contributed by atoms with Crippen molar-refractivity contribution in [3.8, 4) is 0 Å². The monoisotopic (exact) mass is 832 g/mol. The van der Waals surface area contributed by atoms with Gasteiger partial charge in [-0.2, -0.15) is 0 Å². The van der Waals surface area contributed by atoms with E-state index in [0.717, 1.165) is 94.0 Å². The van der Waals surface area contributed by atoms with Crippen molar-refractivity contribution in [1.29, 1.82) is 0 Å². The van der Waals surface area contributed by atoms with Crippen LogP contribution in [0.5, 0.6) is 0 Å². The summed E-state index contributed by atoms with van der Waals surface area (Å²) in [4.78, 5) is 79.2. The largest absolute Gasteiger partial charge is 0.444 e. The molecule has 4 aromatic rings. The Kier molecular flexibility index (Phi) is 11.0. The number of aromatic nitrogens is 6. The van der Waals surface area contributed by atoms with Gasteiger partial charge in [0.2, 0.25) is 0 Å². The lowest BCUT2D eigenvalue weighted by atomic mass is 10.2. The van der Waals surface area contributed by atoms with E-state index in [1.54, 1.807) is 45.7 Å². The van der Waals surface area contributed by atoms with Crippen LogP contribution >= 0.6 is 0 Å². The van der Waals surface area contributed by atoms with Crippen molar-refractivity contribution >= 4 is 64.4 Å². The fourth-order valence-corrected chi connectivity index (χ4v) is 8.68. The second kappa shape index (κ2) is 16.8. The number of pyridine rings is 2. The summed E-state index contributed by atoms with van der Waals surface area (Å²) in [5.74, 6) is 3.97. The molecule has 0 aliphatic carbocycles. The Balaban J connectivity index is 0.000000160. The summed E-state index contributed by atoms with van der Waals surface area (Å²) in [6, 6.07) is 7.93. The fourth-order valence-electron chi connectivity index (χ4n) is 8.68. The highest BCUT2D eigenvalue weighted by Gasteiger charge is 2.42. The number of carbonyl (C=O) groups is 3. The maximum Gasteiger partial charge on any atom is 0.410 e. The highest BCUT2D eigenvalue weighted by molar-refractivity contribution is 6.05. The molecule has 4 saturated heterocycles. The van der Waals surface area contributed by atoms with Crippen molar-refractivity contribution in [3.05, 3.63) is 61.4 Å². The topological polar surface area (TPSA) is 197 Å². The van der Waals surface area contributed by atoms with Crippen LogP contribution in [0.3, 0.4) is 0 Å². The molecule has 4 fully saturated rings. The Hall–Kier alpha value is -6.57. The Morgan fingerprint density at radius 2 is 1.13 bits per heavy atom. The van der Waals surface area contributed by atoms with Crippen molar-refractivity contribution in [2.75, 3.05) is 119 Å². The van der Waals surface area contributed by atoms with Gasteiger partial charge in [-0.1, -0.05) is 0 Å². The van der Waals surface area contributed by atoms with E-state index in [2.05, 4.69) is 67.6 Å². The molecule has 0 unspecified atom stereocenters. The SMILES string of the molecule is CC(C)(C)OC(=O)N1CCN(c2ccc3c(n2)N(C(=O)Nc2cnccn2)[C@H]2CCN3C2)CC1.O=C(Nc1cnccn1)N1c2nc(N3CCNCC3)ccc2N2CC[C@H]1C2. The molecule has 0 radical (unpaired) electrons. The predicted molar refractivity (Wildman–Crippen MR) is 232 cm³/mol. The normalized spacial score (nSPS) is 20.3. The van der Waals surface area contributed by atoms with Crippen LogP contribution in [0.15, 0.2) is 61.4 Å². The van der Waals surface area contributed by atoms with E-state index < -0.39 is 5.60 Å². The maximum absolute atomic E-state index is 13.3. The van der Waals surface area contributed by atoms with Crippen LogP contribution in [-0.4, -0.2) is 149 Å². The summed E-state index contributed by atoms with van der Waals surface area (Å²) in [6.45, 7) is 15.2. The van der Waals surface area contributed by atoms with Crippen LogP contribution < -0.4 is 45.3 Å². The molecule has 4 aromatic heterocycles. The summed E-state index contributed by atoms with van der Waals surface area (Å²) in [5.41, 5.74) is 1.47. The lowest BCUT2D eigenvalue weighted by Gasteiger charge is -2.38. The molecule has 2 atom stereocenters. The first-order chi connectivity index (χ1) is 29.6. The van der Waals surface area contributed by atoms with Crippen LogP contribution in [0.25, 0.3) is 0 Å². The summed E-state index contributed by atoms with van der Waals surface area (Å²) < 4.78 is 5.50. The first kappa shape index (κ1) is 39.9. The smallest absolute Gasteiger partial charge is 0.410 e. The van der Waals surface area contributed by atoms with E-state index in [1.165, 1.54) is 6.20 Å². The molecule has 6 aliphatic rings. The third-order valence-corrected chi connectivity index (χ3v) is 11.6. The number of ether oxygens (including phenoxy) is 1. The fraction of sp³-hybridized carbons (Fsp3) is 0.488. The summed E-state index contributed by atoms with van der Waals surface area (Å²) in [7, 11) is 0. The number of urea groups is 2. The van der Waals surface area contributed by atoms with Crippen LogP contribution in [0.2, 0.25) is 0 Å². The number of fused-ring (bicyclic) bond motifs is 8. The number of hydrogen-bond acceptors (Lipinski definition) is 15. The van der Waals surface area contributed by atoms with E-state index in [1.807, 2.05) is 32.9 Å². The molecule has 0 saturated carbocycles. The molecule has 61 heavy (non-hydrogen) atoms. The molecule has 3 N–H and O–H groups in total. The van der Waals surface area contributed by atoms with E-state index in [-0.39, 0.29) is 30.2 Å². The lowest BCUT2D eigenvalue weighted by Crippen LogP contribution is -2.51. The molecule has 10 heterocycles. The Morgan fingerprint density at radius 3 is 1.59 bits per heavy atom. The molecule has 20 heteroatoms. The molecule has 320 valence electrons. The van der Waals surface area contributed by atoms with Crippen LogP contribution in [0, 0.1) is 0 Å². The number of nitrogens with one attached hydrogen (secondary N) is 3. The minimum absolute atomic E-state index is 0.0518. The summed E-state index contributed by atoms with van der Waals surface area (Å²) >= 11 is 0. The van der Waals surface area contributed by atoms with Crippen molar-refractivity contribution < 1.29 is 19.1 Å². The number of hydrogen-bond donors (Lipinski definition) is 3. The number of nitrogens with zero attached hydrogens (tertiary/aromatic N) is 13. The Bertz CT molecular complexity index is 2210. The first-order valence-corrected chi connectivity index (χ1v) is 21.0. The second-order valence-electron chi connectivity index (χ2n) is 16.8. The predicted octanol–water partition coefficient (Wildman–Crippen LogP) is 3.47. The molecular formula is C41H52N16O4. The number of carbonyl (C=O) groups excluding carboxylic acids is 3. The summed E-state index contributed by atoms with van der Waals surface area (Å²) in [5, 5.41) is 9.08. The minimum Gasteiger partial charge on any atom is -0.444 e. The third-order valence-electron chi connectivity index (χ3n) is 11.6. The number of anilines is 8. The molecule has 6 aliphatic heterocycles. The van der Waals surface area contributed by atoms with Gasteiger partial charge in [0, 0.05) is 103 Å². The molecule has 20 nitrogen and oxygen atoms in total. The van der Waals surface area contributed by atoms with Gasteiger partial charge in [0.1, 0.15) is 17.2 Å².